The van der Waals surface area contributed by atoms with E-state index in [1.807, 2.05) is 0 Å². The predicted octanol–water partition coefficient (Wildman–Crippen LogP) is -0.471. The quantitative estimate of drug-likeness (QED) is 0.464. The molecule has 1 aromatic carbocycles. The van der Waals surface area contributed by atoms with E-state index in [0.29, 0.717) is 5.56 Å². The molecule has 0 spiro atoms. The Labute approximate surface area is 91.6 Å². The molecule has 1 atom stereocenters. The van der Waals surface area contributed by atoms with Gasteiger partial charge in [-0.15, -0.1) is 5.46 Å². The molecular formula is C10H10BO5-. The summed E-state index contributed by atoms with van der Waals surface area (Å²) in [5, 5.41) is 28.0. The normalized spacial score (nSPS) is 21.5. The van der Waals surface area contributed by atoms with Gasteiger partial charge in [0.05, 0.1) is 11.7 Å². The molecule has 1 aromatic rings. The summed E-state index contributed by atoms with van der Waals surface area (Å²) in [6.45, 7) is 0.231. The van der Waals surface area contributed by atoms with E-state index in [1.165, 1.54) is 6.07 Å². The largest absolute Gasteiger partial charge is 0.556 e. The molecule has 0 fully saturated rings. The van der Waals surface area contributed by atoms with Crippen LogP contribution >= 0.6 is 0 Å². The Hall–Kier alpha value is -1.63. The molecule has 0 saturated carbocycles. The number of aliphatic carboxylic acids is 1. The average Bonchev–Trinajstić information content (AvgIpc) is 2.51. The van der Waals surface area contributed by atoms with Crippen molar-refractivity contribution in [1.82, 2.24) is 0 Å². The minimum absolute atomic E-state index is 0.204. The first-order valence-corrected chi connectivity index (χ1v) is 4.71. The molecule has 84 valence electrons. The predicted molar refractivity (Wildman–Crippen MR) is 56.9 cm³/mol. The molecule has 1 aliphatic rings. The molecule has 5 nitrogen and oxygen atoms in total. The summed E-state index contributed by atoms with van der Waals surface area (Å²) in [5.74, 6) is -1.23. The first-order chi connectivity index (χ1) is 7.43. The first-order valence-electron chi connectivity index (χ1n) is 4.71. The van der Waals surface area contributed by atoms with E-state index in [1.54, 1.807) is 18.2 Å². The third-order valence-electron chi connectivity index (χ3n) is 2.60. The highest BCUT2D eigenvalue weighted by atomic mass is 16.6. The standard InChI is InChI=1S/C10H10BO5/c1-6(10(12)13)9-7-4-2-3-5-8(7)11(14,15)16-9/h2-5,9,14-15H,1H2,(H,12,13)/q-1/t9-/m1/s1. The van der Waals surface area contributed by atoms with Crippen molar-refractivity contribution in [2.75, 3.05) is 0 Å². The molecule has 16 heavy (non-hydrogen) atoms. The lowest BCUT2D eigenvalue weighted by Crippen LogP contribution is -2.47. The Balaban J connectivity index is 2.48. The molecule has 6 heteroatoms. The Morgan fingerprint density at radius 2 is 2.00 bits per heavy atom. The third kappa shape index (κ3) is 1.53. The van der Waals surface area contributed by atoms with Crippen LogP contribution < -0.4 is 5.46 Å². The van der Waals surface area contributed by atoms with Gasteiger partial charge in [0.2, 0.25) is 0 Å². The Bertz CT molecular complexity index is 468. The molecule has 0 unspecified atom stereocenters. The maximum Gasteiger partial charge on any atom is 0.405 e. The van der Waals surface area contributed by atoms with Gasteiger partial charge < -0.3 is 19.8 Å². The number of rotatable bonds is 2. The zero-order chi connectivity index (χ0) is 11.9. The molecule has 1 aliphatic heterocycles. The Morgan fingerprint density at radius 1 is 1.38 bits per heavy atom. The fourth-order valence-electron chi connectivity index (χ4n) is 1.81. The molecule has 0 saturated heterocycles. The third-order valence-corrected chi connectivity index (χ3v) is 2.60. The summed E-state index contributed by atoms with van der Waals surface area (Å²) in [4.78, 5) is 10.8. The van der Waals surface area contributed by atoms with Gasteiger partial charge in [0.15, 0.2) is 0 Å². The van der Waals surface area contributed by atoms with E-state index < -0.39 is 18.8 Å². The lowest BCUT2D eigenvalue weighted by atomic mass is 9.70. The fraction of sp³-hybridized carbons (Fsp3) is 0.100. The van der Waals surface area contributed by atoms with Crippen molar-refractivity contribution < 1.29 is 24.6 Å². The smallest absolute Gasteiger partial charge is 0.405 e. The zero-order valence-corrected chi connectivity index (χ0v) is 8.33. The van der Waals surface area contributed by atoms with E-state index in [-0.39, 0.29) is 11.0 Å². The minimum Gasteiger partial charge on any atom is -0.556 e. The second kappa shape index (κ2) is 3.45. The van der Waals surface area contributed by atoms with Crippen LogP contribution in [0.25, 0.3) is 0 Å². The van der Waals surface area contributed by atoms with Gasteiger partial charge in [-0.05, 0) is 5.56 Å². The SMILES string of the molecule is C=C(C(=O)O)[C@H]1O[B-](O)(O)c2ccccc21. The first kappa shape index (κ1) is 10.9. The van der Waals surface area contributed by atoms with Crippen molar-refractivity contribution in [3.8, 4) is 0 Å². The van der Waals surface area contributed by atoms with Gasteiger partial charge in [-0.3, -0.25) is 0 Å². The van der Waals surface area contributed by atoms with Crippen LogP contribution in [0.15, 0.2) is 36.4 Å². The number of hydrogen-bond donors (Lipinski definition) is 3. The summed E-state index contributed by atoms with van der Waals surface area (Å²) < 4.78 is 4.94. The number of carboxylic acids is 1. The van der Waals surface area contributed by atoms with Gasteiger partial charge in [0.1, 0.15) is 0 Å². The highest BCUT2D eigenvalue weighted by molar-refractivity contribution is 6.74. The van der Waals surface area contributed by atoms with E-state index in [0.717, 1.165) is 0 Å². The van der Waals surface area contributed by atoms with E-state index in [4.69, 9.17) is 9.76 Å². The fourth-order valence-corrected chi connectivity index (χ4v) is 1.81. The summed E-state index contributed by atoms with van der Waals surface area (Å²) in [7, 11) is 0. The molecule has 3 N–H and O–H groups in total. The summed E-state index contributed by atoms with van der Waals surface area (Å²) in [5.41, 5.74) is 0.411. The molecule has 0 bridgehead atoms. The highest BCUT2D eigenvalue weighted by Crippen LogP contribution is 2.32. The van der Waals surface area contributed by atoms with Crippen LogP contribution in [0.2, 0.25) is 0 Å². The molecule has 0 amide bonds. The average molecular weight is 221 g/mol. The number of hydrogen-bond acceptors (Lipinski definition) is 4. The number of benzene rings is 1. The molecule has 0 radical (unpaired) electrons. The number of fused-ring (bicyclic) bond motifs is 1. The minimum atomic E-state index is -3.13. The van der Waals surface area contributed by atoms with Crippen LogP contribution in [0.4, 0.5) is 0 Å². The van der Waals surface area contributed by atoms with Crippen molar-refractivity contribution in [3.05, 3.63) is 42.0 Å². The van der Waals surface area contributed by atoms with Crippen LogP contribution in [0.5, 0.6) is 0 Å². The summed E-state index contributed by atoms with van der Waals surface area (Å²) in [6, 6.07) is 6.37. The highest BCUT2D eigenvalue weighted by Gasteiger charge is 2.39. The van der Waals surface area contributed by atoms with Crippen LogP contribution in [0.3, 0.4) is 0 Å². The van der Waals surface area contributed by atoms with Crippen LogP contribution in [-0.4, -0.2) is 27.9 Å². The van der Waals surface area contributed by atoms with Crippen LogP contribution in [-0.2, 0) is 9.45 Å². The van der Waals surface area contributed by atoms with Crippen molar-refractivity contribution >= 4 is 18.2 Å². The molecule has 0 aliphatic carbocycles. The van der Waals surface area contributed by atoms with Gasteiger partial charge >= 0.3 is 12.7 Å². The second-order valence-corrected chi connectivity index (χ2v) is 3.68. The van der Waals surface area contributed by atoms with Gasteiger partial charge in [-0.1, -0.05) is 30.8 Å². The maximum absolute atomic E-state index is 10.8. The molecule has 2 rings (SSSR count). The van der Waals surface area contributed by atoms with Crippen molar-refractivity contribution in [1.29, 1.82) is 0 Å². The van der Waals surface area contributed by atoms with Crippen molar-refractivity contribution in [2.45, 2.75) is 6.10 Å². The molecular weight excluding hydrogens is 211 g/mol. The maximum atomic E-state index is 10.8. The Kier molecular flexibility index (Phi) is 2.34. The summed E-state index contributed by atoms with van der Waals surface area (Å²) in [6.07, 6.45) is -1.01. The summed E-state index contributed by atoms with van der Waals surface area (Å²) >= 11 is 0. The van der Waals surface area contributed by atoms with Gasteiger partial charge in [0.25, 0.3) is 0 Å². The number of carbonyl (C=O) groups is 1. The zero-order valence-electron chi connectivity index (χ0n) is 8.33. The number of carboxylic acid groups (broad SMARTS) is 1. The van der Waals surface area contributed by atoms with E-state index >= 15 is 0 Å². The van der Waals surface area contributed by atoms with E-state index in [9.17, 15) is 14.8 Å². The van der Waals surface area contributed by atoms with Gasteiger partial charge in [-0.2, -0.15) is 0 Å². The lowest BCUT2D eigenvalue weighted by Gasteiger charge is -2.25. The topological polar surface area (TPSA) is 87.0 Å². The second-order valence-electron chi connectivity index (χ2n) is 3.68. The monoisotopic (exact) mass is 221 g/mol. The van der Waals surface area contributed by atoms with Crippen LogP contribution in [0, 0.1) is 0 Å². The Morgan fingerprint density at radius 3 is 2.62 bits per heavy atom. The lowest BCUT2D eigenvalue weighted by molar-refractivity contribution is -0.133. The van der Waals surface area contributed by atoms with Gasteiger partial charge in [0, 0.05) is 0 Å². The van der Waals surface area contributed by atoms with Crippen molar-refractivity contribution in [3.63, 3.8) is 0 Å². The molecule has 0 aromatic heterocycles. The van der Waals surface area contributed by atoms with Gasteiger partial charge in [-0.25, -0.2) is 4.79 Å². The molecule has 1 heterocycles. The van der Waals surface area contributed by atoms with Crippen molar-refractivity contribution in [2.24, 2.45) is 0 Å². The van der Waals surface area contributed by atoms with E-state index in [2.05, 4.69) is 6.58 Å². The van der Waals surface area contributed by atoms with Crippen LogP contribution in [0.1, 0.15) is 11.7 Å².